The van der Waals surface area contributed by atoms with E-state index in [-0.39, 0.29) is 11.8 Å². The summed E-state index contributed by atoms with van der Waals surface area (Å²) in [6.07, 6.45) is 0.891. The van der Waals surface area contributed by atoms with Gasteiger partial charge < -0.3 is 10.2 Å². The molecule has 1 aliphatic rings. The number of carbonyl (C=O) groups excluding carboxylic acids is 2. The van der Waals surface area contributed by atoms with Gasteiger partial charge in [0, 0.05) is 40.2 Å². The average Bonchev–Trinajstić information content (AvgIpc) is 3.50. The molecule has 0 bridgehead atoms. The van der Waals surface area contributed by atoms with E-state index in [1.165, 1.54) is 21.8 Å². The van der Waals surface area contributed by atoms with Gasteiger partial charge in [0.25, 0.3) is 11.8 Å². The van der Waals surface area contributed by atoms with Crippen LogP contribution in [-0.2, 0) is 13.0 Å². The van der Waals surface area contributed by atoms with Crippen LogP contribution in [0.3, 0.4) is 0 Å². The van der Waals surface area contributed by atoms with Gasteiger partial charge in [0.1, 0.15) is 10.7 Å². The number of hydrogen-bond acceptors (Lipinski definition) is 5. The Hall–Kier alpha value is -3.29. The minimum atomic E-state index is -0.281. The van der Waals surface area contributed by atoms with Gasteiger partial charge in [-0.2, -0.15) is 0 Å². The molecule has 0 aliphatic carbocycles. The summed E-state index contributed by atoms with van der Waals surface area (Å²) in [5.74, 6) is -0.285. The molecule has 1 N–H and O–H groups in total. The molecule has 4 aromatic rings. The lowest BCUT2D eigenvalue weighted by Crippen LogP contribution is -2.35. The van der Waals surface area contributed by atoms with E-state index in [4.69, 9.17) is 0 Å². The number of thiophene rings is 1. The Morgan fingerprint density at radius 1 is 1.03 bits per heavy atom. The number of thiazole rings is 1. The Kier molecular flexibility index (Phi) is 5.59. The molecule has 2 aromatic heterocycles. The quantitative estimate of drug-likeness (QED) is 0.430. The lowest BCUT2D eigenvalue weighted by molar-refractivity contribution is 0.0735. The first-order valence-electron chi connectivity index (χ1n) is 10.4. The molecule has 32 heavy (non-hydrogen) atoms. The molecule has 5 nitrogen and oxygen atoms in total. The summed E-state index contributed by atoms with van der Waals surface area (Å²) in [4.78, 5) is 33.8. The van der Waals surface area contributed by atoms with Crippen LogP contribution in [-0.4, -0.2) is 28.2 Å². The predicted octanol–water partition coefficient (Wildman–Crippen LogP) is 5.63. The van der Waals surface area contributed by atoms with Crippen molar-refractivity contribution in [2.45, 2.75) is 19.9 Å². The largest absolute Gasteiger partial charge is 0.334 e. The highest BCUT2D eigenvalue weighted by Crippen LogP contribution is 2.28. The smallest absolute Gasteiger partial charge is 0.275 e. The SMILES string of the molecule is Cc1c(NC(=O)c2csc(-c3ccccc3)n2)cccc1C(=O)N1CCc2sccc2C1. The lowest BCUT2D eigenvalue weighted by atomic mass is 10.0. The molecule has 1 aliphatic heterocycles. The summed E-state index contributed by atoms with van der Waals surface area (Å²) in [6, 6.07) is 17.3. The molecule has 0 saturated carbocycles. The maximum Gasteiger partial charge on any atom is 0.275 e. The first-order valence-corrected chi connectivity index (χ1v) is 12.1. The van der Waals surface area contributed by atoms with E-state index in [9.17, 15) is 9.59 Å². The molecule has 160 valence electrons. The van der Waals surface area contributed by atoms with Crippen LogP contribution >= 0.6 is 22.7 Å². The average molecular weight is 460 g/mol. The maximum absolute atomic E-state index is 13.2. The molecule has 5 rings (SSSR count). The van der Waals surface area contributed by atoms with Gasteiger partial charge in [0.15, 0.2) is 0 Å². The summed E-state index contributed by atoms with van der Waals surface area (Å²) in [7, 11) is 0. The van der Waals surface area contributed by atoms with Gasteiger partial charge in [-0.3, -0.25) is 9.59 Å². The van der Waals surface area contributed by atoms with Crippen LogP contribution in [0, 0.1) is 6.92 Å². The van der Waals surface area contributed by atoms with Crippen LogP contribution in [0.4, 0.5) is 5.69 Å². The summed E-state index contributed by atoms with van der Waals surface area (Å²) in [6.45, 7) is 3.22. The number of hydrogen-bond donors (Lipinski definition) is 1. The Morgan fingerprint density at radius 2 is 1.88 bits per heavy atom. The highest BCUT2D eigenvalue weighted by Gasteiger charge is 2.24. The fraction of sp³-hybridized carbons (Fsp3) is 0.160. The van der Waals surface area contributed by atoms with Gasteiger partial charge in [0.05, 0.1) is 0 Å². The second kappa shape index (κ2) is 8.68. The van der Waals surface area contributed by atoms with Crippen molar-refractivity contribution < 1.29 is 9.59 Å². The molecule has 2 amide bonds. The van der Waals surface area contributed by atoms with Gasteiger partial charge in [-0.1, -0.05) is 36.4 Å². The fourth-order valence-corrected chi connectivity index (χ4v) is 5.57. The van der Waals surface area contributed by atoms with Crippen molar-refractivity contribution in [3.05, 3.63) is 92.6 Å². The van der Waals surface area contributed by atoms with Crippen LogP contribution in [0.5, 0.6) is 0 Å². The maximum atomic E-state index is 13.2. The number of anilines is 1. The van der Waals surface area contributed by atoms with Crippen molar-refractivity contribution in [2.24, 2.45) is 0 Å². The molecular weight excluding hydrogens is 438 g/mol. The van der Waals surface area contributed by atoms with E-state index in [1.54, 1.807) is 16.7 Å². The third kappa shape index (κ3) is 3.97. The molecule has 0 fully saturated rings. The van der Waals surface area contributed by atoms with Crippen LogP contribution < -0.4 is 5.32 Å². The molecule has 3 heterocycles. The number of amides is 2. The zero-order valence-electron chi connectivity index (χ0n) is 17.5. The summed E-state index contributed by atoms with van der Waals surface area (Å²) < 4.78 is 0. The highest BCUT2D eigenvalue weighted by molar-refractivity contribution is 7.13. The second-order valence-electron chi connectivity index (χ2n) is 7.68. The summed E-state index contributed by atoms with van der Waals surface area (Å²) >= 11 is 3.19. The first-order chi connectivity index (χ1) is 15.6. The topological polar surface area (TPSA) is 62.3 Å². The zero-order valence-corrected chi connectivity index (χ0v) is 19.1. The second-order valence-corrected chi connectivity index (χ2v) is 9.54. The Balaban J connectivity index is 1.33. The van der Waals surface area contributed by atoms with Crippen LogP contribution in [0.1, 0.15) is 36.9 Å². The van der Waals surface area contributed by atoms with Crippen molar-refractivity contribution in [3.8, 4) is 10.6 Å². The van der Waals surface area contributed by atoms with E-state index < -0.39 is 0 Å². The number of benzene rings is 2. The molecule has 0 atom stereocenters. The van der Waals surface area contributed by atoms with Gasteiger partial charge in [-0.15, -0.1) is 22.7 Å². The van der Waals surface area contributed by atoms with E-state index in [2.05, 4.69) is 21.7 Å². The minimum Gasteiger partial charge on any atom is -0.334 e. The number of aromatic nitrogens is 1. The first kappa shape index (κ1) is 20.6. The molecule has 0 unspecified atom stereocenters. The van der Waals surface area contributed by atoms with Crippen molar-refractivity contribution in [1.82, 2.24) is 9.88 Å². The number of nitrogens with one attached hydrogen (secondary N) is 1. The van der Waals surface area contributed by atoms with Gasteiger partial charge in [0.2, 0.25) is 0 Å². The zero-order chi connectivity index (χ0) is 22.1. The third-order valence-corrected chi connectivity index (χ3v) is 7.58. The van der Waals surface area contributed by atoms with Gasteiger partial charge in [-0.05, 0) is 48.1 Å². The summed E-state index contributed by atoms with van der Waals surface area (Å²) in [5, 5.41) is 7.58. The monoisotopic (exact) mass is 459 g/mol. The van der Waals surface area contributed by atoms with Crippen molar-refractivity contribution in [2.75, 3.05) is 11.9 Å². The van der Waals surface area contributed by atoms with Crippen molar-refractivity contribution in [3.63, 3.8) is 0 Å². The van der Waals surface area contributed by atoms with Gasteiger partial charge in [-0.25, -0.2) is 4.98 Å². The molecule has 0 spiro atoms. The molecule has 7 heteroatoms. The molecule has 2 aromatic carbocycles. The van der Waals surface area contributed by atoms with Crippen LogP contribution in [0.2, 0.25) is 0 Å². The lowest BCUT2D eigenvalue weighted by Gasteiger charge is -2.28. The number of carbonyl (C=O) groups is 2. The summed E-state index contributed by atoms with van der Waals surface area (Å²) in [5.41, 5.74) is 4.59. The molecule has 0 radical (unpaired) electrons. The molecule has 0 saturated heterocycles. The minimum absolute atomic E-state index is 0.00419. The normalized spacial score (nSPS) is 13.0. The van der Waals surface area contributed by atoms with E-state index in [1.807, 2.05) is 60.4 Å². The number of fused-ring (bicyclic) bond motifs is 1. The Morgan fingerprint density at radius 3 is 2.72 bits per heavy atom. The van der Waals surface area contributed by atoms with E-state index in [0.29, 0.717) is 30.0 Å². The highest BCUT2D eigenvalue weighted by atomic mass is 32.1. The standard InChI is InChI=1S/C25H21N3O2S2/c1-16-19(25(30)28-12-10-22-18(14-28)11-13-31-22)8-5-9-20(16)26-23(29)21-15-32-24(27-21)17-6-3-2-4-7-17/h2-9,11,13,15H,10,12,14H2,1H3,(H,26,29). The van der Waals surface area contributed by atoms with Crippen molar-refractivity contribution in [1.29, 1.82) is 0 Å². The Bertz CT molecular complexity index is 1290. The molecular formula is C25H21N3O2S2. The van der Waals surface area contributed by atoms with E-state index >= 15 is 0 Å². The van der Waals surface area contributed by atoms with E-state index in [0.717, 1.165) is 22.6 Å². The third-order valence-electron chi connectivity index (χ3n) is 5.66. The Labute approximate surface area is 194 Å². The van der Waals surface area contributed by atoms with Crippen LogP contribution in [0.15, 0.2) is 65.4 Å². The number of nitrogens with zero attached hydrogens (tertiary/aromatic N) is 2. The van der Waals surface area contributed by atoms with Crippen molar-refractivity contribution >= 4 is 40.2 Å². The number of rotatable bonds is 4. The predicted molar refractivity (Wildman–Crippen MR) is 129 cm³/mol. The fourth-order valence-electron chi connectivity index (χ4n) is 3.87. The van der Waals surface area contributed by atoms with Gasteiger partial charge >= 0.3 is 0 Å². The van der Waals surface area contributed by atoms with Crippen LogP contribution in [0.25, 0.3) is 10.6 Å².